The van der Waals surface area contributed by atoms with Crippen molar-refractivity contribution < 1.29 is 56.3 Å². The van der Waals surface area contributed by atoms with Crippen LogP contribution in [0.15, 0.2) is 37.0 Å². The summed E-state index contributed by atoms with van der Waals surface area (Å²) in [5.74, 6) is -0.430. The number of ether oxygens (including phenoxy) is 8. The highest BCUT2D eigenvalue weighted by molar-refractivity contribution is 6.74. The summed E-state index contributed by atoms with van der Waals surface area (Å²) in [6.45, 7) is 36.8. The van der Waals surface area contributed by atoms with Gasteiger partial charge in [-0.2, -0.15) is 0 Å². The van der Waals surface area contributed by atoms with Crippen LogP contribution in [0.1, 0.15) is 140 Å². The van der Waals surface area contributed by atoms with Gasteiger partial charge in [0, 0.05) is 45.3 Å². The van der Waals surface area contributed by atoms with Crippen LogP contribution in [-0.4, -0.2) is 148 Å². The minimum absolute atomic E-state index is 0.0227. The van der Waals surface area contributed by atoms with E-state index in [2.05, 4.69) is 89.0 Å². The molecule has 414 valence electrons. The van der Waals surface area contributed by atoms with Gasteiger partial charge in [-0.05, 0) is 116 Å². The summed E-state index contributed by atoms with van der Waals surface area (Å²) in [6, 6.07) is 9.73. The summed E-state index contributed by atoms with van der Waals surface area (Å²) >= 11 is 0. The highest BCUT2D eigenvalue weighted by Crippen LogP contribution is 2.54. The largest absolute Gasteiger partial charge is 0.414 e. The molecule has 0 spiro atoms. The molecule has 15 heteroatoms. The van der Waals surface area contributed by atoms with Crippen LogP contribution in [0.2, 0.25) is 54.4 Å². The number of methoxy groups -OCH3 is 1. The lowest BCUT2D eigenvalue weighted by molar-refractivity contribution is -0.271. The van der Waals surface area contributed by atoms with Crippen LogP contribution in [0, 0.1) is 11.8 Å². The Morgan fingerprint density at radius 1 is 0.694 bits per heavy atom. The Morgan fingerprint density at radius 3 is 1.96 bits per heavy atom. The van der Waals surface area contributed by atoms with Gasteiger partial charge < -0.3 is 56.3 Å². The first-order valence-corrected chi connectivity index (χ1v) is 36.9. The van der Waals surface area contributed by atoms with Crippen LogP contribution in [0.5, 0.6) is 0 Å². The number of hydrogen-bond acceptors (Lipinski definition) is 12. The predicted octanol–water partition coefficient (Wildman–Crippen LogP) is 12.0. The molecule has 0 aliphatic carbocycles. The highest BCUT2D eigenvalue weighted by Gasteiger charge is 2.68. The molecule has 0 radical (unpaired) electrons. The van der Waals surface area contributed by atoms with Crippen LogP contribution in [0.4, 0.5) is 0 Å². The molecule has 0 aromatic rings. The third-order valence-corrected chi connectivity index (χ3v) is 33.7. The fraction of sp³-hybridized carbons (Fsp3) is 0.895. The van der Waals surface area contributed by atoms with E-state index in [1.54, 1.807) is 7.11 Å². The number of aliphatic hydroxyl groups is 1. The molecule has 0 aromatic carbocycles. The van der Waals surface area contributed by atoms with Gasteiger partial charge in [0.1, 0.15) is 30.5 Å². The first-order valence-electron chi connectivity index (χ1n) is 29.4. The molecule has 12 nitrogen and oxygen atoms in total. The highest BCUT2D eigenvalue weighted by atomic mass is 28.4. The van der Waals surface area contributed by atoms with Gasteiger partial charge in [-0.25, -0.2) is 0 Å². The van der Waals surface area contributed by atoms with Gasteiger partial charge in [-0.15, -0.1) is 6.58 Å². The molecule has 0 amide bonds. The lowest BCUT2D eigenvalue weighted by Gasteiger charge is -2.47. The molecule has 8 saturated heterocycles. The second-order valence-electron chi connectivity index (χ2n) is 23.2. The second kappa shape index (κ2) is 25.9. The first kappa shape index (κ1) is 59.1. The standard InChI is InChI=1S/C57H102O12Si3/c1-15-25-46-53(69-72(22-8,23-9)24-10)56-55-54(64-46)52-50(65-55)36-57(66-52,67-56)30-28-42-33-39(12)45(61-42)27-26-41-32-38(11)40(13)47(62-41)35-48-44(29-31-58)51(59-14)49(63-48)34-43(68-71(19-5,20-6)21-7)37-60-70(16-2,17-3)18-4/h15,38,41-56,58H,1,12-13,16-37H2,2-11,14H3/t38?,41?,42?,43?,44?,45-,46?,47?,48+,49+,50+,51+,52?,53?,54-,55?,56?,57-/m0/s1. The normalized spacial score (nSPS) is 38.3. The van der Waals surface area contributed by atoms with Crippen molar-refractivity contribution in [1.29, 1.82) is 0 Å². The minimum atomic E-state index is -2.00. The van der Waals surface area contributed by atoms with Crippen molar-refractivity contribution in [2.75, 3.05) is 20.3 Å². The van der Waals surface area contributed by atoms with E-state index < -0.39 is 30.7 Å². The van der Waals surface area contributed by atoms with Crippen LogP contribution in [0.25, 0.3) is 0 Å². The molecule has 8 fully saturated rings. The fourth-order valence-electron chi connectivity index (χ4n) is 14.3. The van der Waals surface area contributed by atoms with Crippen molar-refractivity contribution >= 4 is 25.0 Å². The van der Waals surface area contributed by atoms with E-state index in [4.69, 9.17) is 51.2 Å². The monoisotopic (exact) mass is 1060 g/mol. The van der Waals surface area contributed by atoms with Crippen molar-refractivity contribution in [3.8, 4) is 0 Å². The average Bonchev–Trinajstić information content (AvgIpc) is 4.08. The smallest absolute Gasteiger partial charge is 0.192 e. The van der Waals surface area contributed by atoms with Gasteiger partial charge in [-0.3, -0.25) is 0 Å². The van der Waals surface area contributed by atoms with Crippen molar-refractivity contribution in [2.24, 2.45) is 11.8 Å². The van der Waals surface area contributed by atoms with E-state index in [0.29, 0.717) is 44.6 Å². The quantitative estimate of drug-likeness (QED) is 0.0525. The fourth-order valence-corrected chi connectivity index (χ4v) is 22.6. The summed E-state index contributed by atoms with van der Waals surface area (Å²) in [5.41, 5.74) is 2.28. The zero-order valence-electron chi connectivity index (χ0n) is 47.0. The molecule has 0 saturated carbocycles. The molecule has 8 aliphatic heterocycles. The summed E-state index contributed by atoms with van der Waals surface area (Å²) in [6.07, 6.45) is 8.57. The topological polar surface area (TPSA) is 122 Å². The molecular formula is C57H102O12Si3. The minimum Gasteiger partial charge on any atom is -0.414 e. The molecular weight excluding hydrogens is 961 g/mol. The molecule has 18 atom stereocenters. The molecule has 6 bridgehead atoms. The van der Waals surface area contributed by atoms with Crippen LogP contribution in [0.3, 0.4) is 0 Å². The van der Waals surface area contributed by atoms with E-state index in [1.807, 2.05) is 6.08 Å². The third-order valence-electron chi connectivity index (χ3n) is 19.7. The Morgan fingerprint density at radius 2 is 1.33 bits per heavy atom. The van der Waals surface area contributed by atoms with E-state index in [0.717, 1.165) is 104 Å². The Kier molecular flexibility index (Phi) is 21.2. The van der Waals surface area contributed by atoms with Crippen LogP contribution in [-0.2, 0) is 51.2 Å². The molecule has 8 heterocycles. The van der Waals surface area contributed by atoms with Crippen molar-refractivity contribution in [3.05, 3.63) is 37.0 Å². The molecule has 1 N–H and O–H groups in total. The van der Waals surface area contributed by atoms with Crippen molar-refractivity contribution in [2.45, 2.75) is 292 Å². The number of hydrogen-bond donors (Lipinski definition) is 1. The summed E-state index contributed by atoms with van der Waals surface area (Å²) in [4.78, 5) is 0. The second-order valence-corrected chi connectivity index (χ2v) is 37.4. The van der Waals surface area contributed by atoms with Gasteiger partial charge >= 0.3 is 0 Å². The Labute approximate surface area is 440 Å². The van der Waals surface area contributed by atoms with E-state index in [1.165, 1.54) is 0 Å². The van der Waals surface area contributed by atoms with Gasteiger partial charge in [0.2, 0.25) is 0 Å². The maximum Gasteiger partial charge on any atom is 0.192 e. The van der Waals surface area contributed by atoms with E-state index in [-0.39, 0.29) is 104 Å². The Hall–Kier alpha value is -0.609. The number of aliphatic hydroxyl groups excluding tert-OH is 1. The molecule has 11 unspecified atom stereocenters. The first-order chi connectivity index (χ1) is 34.6. The SMILES string of the molecule is C=CCC1O[C@@H]2C3O[C@@H]4C[C@](CCC5CC(=C)[C@H](CCC6CC(C)C(=C)C(C[C@H]7O[C@H](CC(CO[Si](CC)(CC)CC)O[Si](CC)(CC)CC)[C@H](OC)C7CCO)O6)O5)(OC3C1O[Si](CC)(CC)CC)OC24. The van der Waals surface area contributed by atoms with Gasteiger partial charge in [-0.1, -0.05) is 88.5 Å². The maximum atomic E-state index is 10.4. The van der Waals surface area contributed by atoms with Gasteiger partial charge in [0.25, 0.3) is 0 Å². The predicted molar refractivity (Wildman–Crippen MR) is 293 cm³/mol. The zero-order chi connectivity index (χ0) is 52.0. The summed E-state index contributed by atoms with van der Waals surface area (Å²) in [7, 11) is -4.00. The molecule has 8 aliphatic rings. The average molecular weight is 1060 g/mol. The summed E-state index contributed by atoms with van der Waals surface area (Å²) < 4.78 is 76.5. The van der Waals surface area contributed by atoms with Crippen molar-refractivity contribution in [1.82, 2.24) is 0 Å². The van der Waals surface area contributed by atoms with Crippen molar-refractivity contribution in [3.63, 3.8) is 0 Å². The van der Waals surface area contributed by atoms with Gasteiger partial charge in [0.15, 0.2) is 30.7 Å². The lowest BCUT2D eigenvalue weighted by Crippen LogP contribution is -2.62. The van der Waals surface area contributed by atoms with E-state index in [9.17, 15) is 5.11 Å². The lowest BCUT2D eigenvalue weighted by atomic mass is 9.82. The van der Waals surface area contributed by atoms with Gasteiger partial charge in [0.05, 0.1) is 67.6 Å². The molecule has 72 heavy (non-hydrogen) atoms. The third kappa shape index (κ3) is 12.6. The zero-order valence-corrected chi connectivity index (χ0v) is 50.0. The Bertz CT molecular complexity index is 1720. The van der Waals surface area contributed by atoms with E-state index >= 15 is 0 Å². The maximum absolute atomic E-state index is 10.4. The summed E-state index contributed by atoms with van der Waals surface area (Å²) in [5, 5.41) is 10.4. The van der Waals surface area contributed by atoms with Crippen LogP contribution < -0.4 is 0 Å². The Balaban J connectivity index is 0.961. The molecule has 0 aromatic heterocycles. The van der Waals surface area contributed by atoms with Crippen LogP contribution >= 0.6 is 0 Å². The molecule has 8 rings (SSSR count). The number of rotatable bonds is 31.